The molecule has 29 heavy (non-hydrogen) atoms. The largest absolute Gasteiger partial charge is 0.378 e. The van der Waals surface area contributed by atoms with Gasteiger partial charge in [0, 0.05) is 36.8 Å². The number of anilines is 1. The molecule has 2 aromatic heterocycles. The number of hydrogen-bond donors (Lipinski definition) is 1. The summed E-state index contributed by atoms with van der Waals surface area (Å²) in [4.78, 5) is 14.0. The van der Waals surface area contributed by atoms with Gasteiger partial charge in [0.15, 0.2) is 15.7 Å². The van der Waals surface area contributed by atoms with Gasteiger partial charge in [-0.15, -0.1) is 11.3 Å². The fraction of sp³-hybridized carbons (Fsp3) is 0.667. The Kier molecular flexibility index (Phi) is 6.29. The molecule has 2 unspecified atom stereocenters. The van der Waals surface area contributed by atoms with Crippen LogP contribution < -0.4 is 10.2 Å². The van der Waals surface area contributed by atoms with Crippen LogP contribution in [0.1, 0.15) is 17.7 Å². The van der Waals surface area contributed by atoms with E-state index in [0.717, 1.165) is 53.4 Å². The number of halogens is 1. The Hall–Kier alpha value is -1.04. The number of aromatic nitrogens is 2. The maximum Gasteiger partial charge on any atom is 0.224 e. The summed E-state index contributed by atoms with van der Waals surface area (Å²) in [5, 5.41) is 3.01. The highest BCUT2D eigenvalue weighted by Crippen LogP contribution is 2.34. The molecule has 2 aromatic rings. The van der Waals surface area contributed by atoms with Gasteiger partial charge in [0.05, 0.1) is 23.4 Å². The van der Waals surface area contributed by atoms with E-state index >= 15 is 0 Å². The van der Waals surface area contributed by atoms with Crippen molar-refractivity contribution in [3.8, 4) is 0 Å². The highest BCUT2D eigenvalue weighted by molar-refractivity contribution is 7.91. The number of hydrogen-bond acceptors (Lipinski definition) is 9. The smallest absolute Gasteiger partial charge is 0.224 e. The van der Waals surface area contributed by atoms with Crippen LogP contribution in [0.5, 0.6) is 0 Å². The molecular formula is C18H26ClN5O3S2. The van der Waals surface area contributed by atoms with E-state index in [1.165, 1.54) is 6.26 Å². The number of thiophene rings is 1. The first kappa shape index (κ1) is 21.2. The summed E-state index contributed by atoms with van der Waals surface area (Å²) in [6, 6.07) is 1.96. The molecule has 0 spiro atoms. The van der Waals surface area contributed by atoms with Gasteiger partial charge in [-0.25, -0.2) is 13.4 Å². The van der Waals surface area contributed by atoms with Crippen LogP contribution in [0.2, 0.25) is 5.28 Å². The molecule has 0 bridgehead atoms. The van der Waals surface area contributed by atoms with Crippen molar-refractivity contribution in [2.75, 3.05) is 51.1 Å². The fourth-order valence-electron chi connectivity index (χ4n) is 4.23. The summed E-state index contributed by atoms with van der Waals surface area (Å²) in [5.74, 6) is 0.833. The Balaban J connectivity index is 1.62. The topological polar surface area (TPSA) is 87.7 Å². The van der Waals surface area contributed by atoms with Crippen molar-refractivity contribution in [1.29, 1.82) is 0 Å². The quantitative estimate of drug-likeness (QED) is 0.653. The molecule has 0 amide bonds. The van der Waals surface area contributed by atoms with Crippen LogP contribution in [0.4, 0.5) is 5.82 Å². The molecule has 2 fully saturated rings. The van der Waals surface area contributed by atoms with Crippen LogP contribution >= 0.6 is 22.9 Å². The van der Waals surface area contributed by atoms with Crippen LogP contribution in [0.25, 0.3) is 10.2 Å². The van der Waals surface area contributed by atoms with Gasteiger partial charge in [-0.1, -0.05) is 0 Å². The maximum atomic E-state index is 12.5. The van der Waals surface area contributed by atoms with E-state index in [1.54, 1.807) is 11.3 Å². The molecule has 2 atom stereocenters. The van der Waals surface area contributed by atoms with Crippen LogP contribution in [0.3, 0.4) is 0 Å². The summed E-state index contributed by atoms with van der Waals surface area (Å²) in [5.41, 5.74) is 0.801. The number of likely N-dealkylation sites (N-methyl/N-ethyl adjacent to an activating group) is 1. The van der Waals surface area contributed by atoms with Crippen molar-refractivity contribution in [3.05, 3.63) is 16.2 Å². The number of sulfone groups is 1. The first-order valence-corrected chi connectivity index (χ1v) is 12.9. The second kappa shape index (κ2) is 8.60. The molecule has 0 aromatic carbocycles. The Morgan fingerprint density at radius 2 is 2.17 bits per heavy atom. The predicted molar refractivity (Wildman–Crippen MR) is 117 cm³/mol. The van der Waals surface area contributed by atoms with Gasteiger partial charge in [-0.3, -0.25) is 4.90 Å². The standard InChI is InChI=1S/C18H26ClN5O3S2/c1-23(17(29(2,25)26)13-4-3-5-20-13)11-12-10-14-15(28-12)16(22-18(19)21-14)24-6-8-27-9-7-24/h10,13,17,20H,3-9,11H2,1-2H3. The SMILES string of the molecule is CN(Cc1cc2nc(Cl)nc(N3CCOCC3)c2s1)C(C1CCCN1)S(C)(=O)=O. The lowest BCUT2D eigenvalue weighted by molar-refractivity contribution is 0.122. The minimum absolute atomic E-state index is 0.0393. The molecular weight excluding hydrogens is 434 g/mol. The first-order valence-electron chi connectivity index (χ1n) is 9.74. The van der Waals surface area contributed by atoms with Gasteiger partial charge in [0.1, 0.15) is 5.37 Å². The number of fused-ring (bicyclic) bond motifs is 1. The van der Waals surface area contributed by atoms with Crippen molar-refractivity contribution < 1.29 is 13.2 Å². The maximum absolute atomic E-state index is 12.5. The van der Waals surface area contributed by atoms with Gasteiger partial charge >= 0.3 is 0 Å². The molecule has 0 saturated carbocycles. The van der Waals surface area contributed by atoms with Gasteiger partial charge in [0.25, 0.3) is 0 Å². The highest BCUT2D eigenvalue weighted by Gasteiger charge is 2.35. The average Bonchev–Trinajstić information content (AvgIpc) is 3.30. The van der Waals surface area contributed by atoms with Crippen LogP contribution in [0.15, 0.2) is 6.07 Å². The number of nitrogens with one attached hydrogen (secondary N) is 1. The van der Waals surface area contributed by atoms with E-state index in [-0.39, 0.29) is 11.3 Å². The monoisotopic (exact) mass is 459 g/mol. The second-order valence-electron chi connectivity index (χ2n) is 7.68. The van der Waals surface area contributed by atoms with Crippen LogP contribution in [-0.4, -0.2) is 80.9 Å². The van der Waals surface area contributed by atoms with E-state index in [2.05, 4.69) is 20.2 Å². The van der Waals surface area contributed by atoms with Crippen LogP contribution in [0, 0.1) is 0 Å². The fourth-order valence-corrected chi connectivity index (χ4v) is 7.13. The molecule has 8 nitrogen and oxygen atoms in total. The predicted octanol–water partition coefficient (Wildman–Crippen LogP) is 1.74. The minimum Gasteiger partial charge on any atom is -0.378 e. The molecule has 0 aliphatic carbocycles. The zero-order chi connectivity index (χ0) is 20.6. The normalized spacial score (nSPS) is 21.9. The average molecular weight is 460 g/mol. The molecule has 11 heteroatoms. The van der Waals surface area contributed by atoms with Crippen molar-refractivity contribution in [2.45, 2.75) is 30.8 Å². The van der Waals surface area contributed by atoms with Crippen molar-refractivity contribution in [1.82, 2.24) is 20.2 Å². The molecule has 0 radical (unpaired) electrons. The molecule has 4 heterocycles. The minimum atomic E-state index is -3.23. The zero-order valence-corrected chi connectivity index (χ0v) is 19.0. The number of rotatable bonds is 6. The van der Waals surface area contributed by atoms with Crippen molar-refractivity contribution in [3.63, 3.8) is 0 Å². The summed E-state index contributed by atoms with van der Waals surface area (Å²) in [6.07, 6.45) is 3.20. The van der Waals surface area contributed by atoms with Gasteiger partial charge in [-0.05, 0) is 44.1 Å². The van der Waals surface area contributed by atoms with E-state index in [4.69, 9.17) is 16.3 Å². The molecule has 2 aliphatic rings. The van der Waals surface area contributed by atoms with Gasteiger partial charge < -0.3 is 15.0 Å². The Morgan fingerprint density at radius 1 is 1.41 bits per heavy atom. The highest BCUT2D eigenvalue weighted by atomic mass is 35.5. The number of ether oxygens (including phenoxy) is 1. The molecule has 2 aliphatic heterocycles. The van der Waals surface area contributed by atoms with E-state index < -0.39 is 15.2 Å². The van der Waals surface area contributed by atoms with Gasteiger partial charge in [0.2, 0.25) is 5.28 Å². The lowest BCUT2D eigenvalue weighted by atomic mass is 10.2. The Bertz CT molecular complexity index is 971. The third kappa shape index (κ3) is 4.67. The Morgan fingerprint density at radius 3 is 2.83 bits per heavy atom. The summed E-state index contributed by atoms with van der Waals surface area (Å²) in [7, 11) is -1.36. The van der Waals surface area contributed by atoms with E-state index in [0.29, 0.717) is 19.8 Å². The van der Waals surface area contributed by atoms with E-state index in [1.807, 2.05) is 18.0 Å². The first-order chi connectivity index (χ1) is 13.8. The van der Waals surface area contributed by atoms with Crippen molar-refractivity contribution >= 4 is 48.8 Å². The molecule has 4 rings (SSSR count). The van der Waals surface area contributed by atoms with E-state index in [9.17, 15) is 8.42 Å². The summed E-state index contributed by atoms with van der Waals surface area (Å²) in [6.45, 7) is 4.24. The summed E-state index contributed by atoms with van der Waals surface area (Å²) >= 11 is 7.78. The van der Waals surface area contributed by atoms with Crippen LogP contribution in [-0.2, 0) is 21.1 Å². The lowest BCUT2D eigenvalue weighted by Gasteiger charge is -2.31. The summed E-state index contributed by atoms with van der Waals surface area (Å²) < 4.78 is 31.4. The zero-order valence-electron chi connectivity index (χ0n) is 16.6. The van der Waals surface area contributed by atoms with Gasteiger partial charge in [-0.2, -0.15) is 4.98 Å². The second-order valence-corrected chi connectivity index (χ2v) is 11.3. The third-order valence-electron chi connectivity index (χ3n) is 5.41. The lowest BCUT2D eigenvalue weighted by Crippen LogP contribution is -2.49. The van der Waals surface area contributed by atoms with Crippen molar-refractivity contribution in [2.24, 2.45) is 0 Å². The molecule has 160 valence electrons. The third-order valence-corrected chi connectivity index (χ3v) is 8.25. The Labute approximate surface area is 180 Å². The molecule has 2 saturated heterocycles. The number of nitrogens with zero attached hydrogens (tertiary/aromatic N) is 4. The number of morpholine rings is 1. The molecule has 1 N–H and O–H groups in total.